The van der Waals surface area contributed by atoms with Crippen LogP contribution in [-0.4, -0.2) is 27.2 Å². The van der Waals surface area contributed by atoms with Crippen molar-refractivity contribution in [1.29, 1.82) is 0 Å². The number of benzene rings is 1. The second-order valence-electron chi connectivity index (χ2n) is 5.88. The van der Waals surface area contributed by atoms with Crippen LogP contribution < -0.4 is 5.32 Å². The van der Waals surface area contributed by atoms with Crippen molar-refractivity contribution in [2.75, 3.05) is 0 Å². The molecule has 130 valence electrons. The number of imide groups is 1. The monoisotopic (exact) mass is 355 g/mol. The molecular formula is C19H21N3O2S. The minimum absolute atomic E-state index is 0.0939. The highest BCUT2D eigenvalue weighted by atomic mass is 32.2. The number of nitrogens with one attached hydrogen (secondary N) is 1. The van der Waals surface area contributed by atoms with Crippen LogP contribution in [0.5, 0.6) is 0 Å². The van der Waals surface area contributed by atoms with Crippen molar-refractivity contribution in [2.24, 2.45) is 0 Å². The summed E-state index contributed by atoms with van der Waals surface area (Å²) < 4.78 is 0. The van der Waals surface area contributed by atoms with Crippen LogP contribution in [0.1, 0.15) is 37.1 Å². The third kappa shape index (κ3) is 4.20. The molecule has 1 N–H and O–H groups in total. The Bertz CT molecular complexity index is 724. The molecule has 0 saturated carbocycles. The number of pyridine rings is 1. The topological polar surface area (TPSA) is 62.3 Å². The van der Waals surface area contributed by atoms with Crippen LogP contribution in [-0.2, 0) is 10.5 Å². The second-order valence-corrected chi connectivity index (χ2v) is 7.04. The van der Waals surface area contributed by atoms with E-state index in [0.29, 0.717) is 12.2 Å². The normalized spacial score (nSPS) is 17.7. The number of hydrogen-bond acceptors (Lipinski definition) is 4. The van der Waals surface area contributed by atoms with Crippen molar-refractivity contribution in [3.63, 3.8) is 0 Å². The maximum Gasteiger partial charge on any atom is 0.325 e. The molecule has 25 heavy (non-hydrogen) atoms. The van der Waals surface area contributed by atoms with E-state index in [1.807, 2.05) is 55.5 Å². The summed E-state index contributed by atoms with van der Waals surface area (Å²) in [6.45, 7) is 2.02. The highest BCUT2D eigenvalue weighted by molar-refractivity contribution is 7.99. The molecule has 1 fully saturated rings. The number of aromatic nitrogens is 1. The molecule has 6 heteroatoms. The van der Waals surface area contributed by atoms with Crippen LogP contribution in [0.2, 0.25) is 0 Å². The Labute approximate surface area is 151 Å². The molecule has 2 heterocycles. The Morgan fingerprint density at radius 1 is 1.28 bits per heavy atom. The average molecular weight is 355 g/mol. The van der Waals surface area contributed by atoms with Crippen molar-refractivity contribution in [2.45, 2.75) is 36.9 Å². The summed E-state index contributed by atoms with van der Waals surface area (Å²) >= 11 is 1.57. The van der Waals surface area contributed by atoms with E-state index in [1.165, 1.54) is 4.90 Å². The number of thioether (sulfide) groups is 1. The van der Waals surface area contributed by atoms with Crippen molar-refractivity contribution in [3.05, 3.63) is 66.0 Å². The summed E-state index contributed by atoms with van der Waals surface area (Å²) in [6, 6.07) is 15.2. The lowest BCUT2D eigenvalue weighted by molar-refractivity contribution is -0.137. The molecule has 0 unspecified atom stereocenters. The zero-order valence-corrected chi connectivity index (χ0v) is 14.9. The van der Waals surface area contributed by atoms with Gasteiger partial charge in [-0.3, -0.25) is 14.7 Å². The van der Waals surface area contributed by atoms with Gasteiger partial charge >= 0.3 is 6.03 Å². The van der Waals surface area contributed by atoms with E-state index in [-0.39, 0.29) is 23.4 Å². The third-order valence-corrected chi connectivity index (χ3v) is 5.41. The first-order valence-electron chi connectivity index (χ1n) is 8.38. The number of amides is 3. The quantitative estimate of drug-likeness (QED) is 0.802. The SMILES string of the molecule is CC[C@@H](NC(=O)N1C(=O)C[C@@H]1SCc1ccccn1)c1ccccc1. The Hall–Kier alpha value is -2.34. The smallest absolute Gasteiger partial charge is 0.325 e. The fraction of sp³-hybridized carbons (Fsp3) is 0.316. The summed E-state index contributed by atoms with van der Waals surface area (Å²) in [5.74, 6) is 0.553. The molecule has 3 rings (SSSR count). The van der Waals surface area contributed by atoms with Gasteiger partial charge in [0.05, 0.1) is 23.5 Å². The highest BCUT2D eigenvalue weighted by Crippen LogP contribution is 2.32. The van der Waals surface area contributed by atoms with E-state index in [4.69, 9.17) is 0 Å². The van der Waals surface area contributed by atoms with Crippen molar-refractivity contribution in [1.82, 2.24) is 15.2 Å². The molecule has 1 aliphatic rings. The Kier molecular flexibility index (Phi) is 5.71. The highest BCUT2D eigenvalue weighted by Gasteiger charge is 2.41. The fourth-order valence-electron chi connectivity index (χ4n) is 2.75. The number of hydrogen-bond donors (Lipinski definition) is 1. The van der Waals surface area contributed by atoms with Crippen LogP contribution in [0.4, 0.5) is 4.79 Å². The minimum atomic E-state index is -0.314. The van der Waals surface area contributed by atoms with Gasteiger partial charge in [0.25, 0.3) is 0 Å². The number of likely N-dealkylation sites (tertiary alicyclic amines) is 1. The Morgan fingerprint density at radius 2 is 2.04 bits per heavy atom. The van der Waals surface area contributed by atoms with Gasteiger partial charge in [-0.2, -0.15) is 0 Å². The van der Waals surface area contributed by atoms with Crippen molar-refractivity contribution >= 4 is 23.7 Å². The molecule has 3 amide bonds. The largest absolute Gasteiger partial charge is 0.331 e. The Balaban J connectivity index is 1.59. The molecule has 2 atom stereocenters. The summed E-state index contributed by atoms with van der Waals surface area (Å²) in [4.78, 5) is 30.1. The van der Waals surface area contributed by atoms with Crippen LogP contribution >= 0.6 is 11.8 Å². The maximum absolute atomic E-state index is 12.6. The van der Waals surface area contributed by atoms with Gasteiger partial charge in [-0.15, -0.1) is 11.8 Å². The zero-order chi connectivity index (χ0) is 17.6. The van der Waals surface area contributed by atoms with Gasteiger partial charge in [0.2, 0.25) is 5.91 Å². The number of carbonyl (C=O) groups is 2. The number of carbonyl (C=O) groups excluding carboxylic acids is 2. The molecule has 0 aliphatic carbocycles. The number of rotatable bonds is 6. The molecule has 2 aromatic rings. The van der Waals surface area contributed by atoms with Gasteiger partial charge in [-0.05, 0) is 24.1 Å². The van der Waals surface area contributed by atoms with Crippen LogP contribution in [0, 0.1) is 0 Å². The molecule has 1 saturated heterocycles. The molecule has 1 aromatic heterocycles. The lowest BCUT2D eigenvalue weighted by Crippen LogP contribution is -2.57. The first-order chi connectivity index (χ1) is 12.2. The zero-order valence-electron chi connectivity index (χ0n) is 14.1. The second kappa shape index (κ2) is 8.16. The van der Waals surface area contributed by atoms with Crippen LogP contribution in [0.15, 0.2) is 54.7 Å². The third-order valence-electron chi connectivity index (χ3n) is 4.18. The lowest BCUT2D eigenvalue weighted by Gasteiger charge is -2.38. The predicted octanol–water partition coefficient (Wildman–Crippen LogP) is 3.73. The van der Waals surface area contributed by atoms with Gasteiger partial charge in [-0.25, -0.2) is 4.79 Å². The maximum atomic E-state index is 12.6. The van der Waals surface area contributed by atoms with Crippen molar-refractivity contribution in [3.8, 4) is 0 Å². The first-order valence-corrected chi connectivity index (χ1v) is 9.43. The number of β-lactam (4-membered cyclic amide) rings is 1. The lowest BCUT2D eigenvalue weighted by atomic mass is 10.0. The van der Waals surface area contributed by atoms with Crippen LogP contribution in [0.25, 0.3) is 0 Å². The Morgan fingerprint density at radius 3 is 2.68 bits per heavy atom. The molecular weight excluding hydrogens is 334 g/mol. The number of nitrogens with zero attached hydrogens (tertiary/aromatic N) is 2. The molecule has 0 bridgehead atoms. The molecule has 1 aromatic carbocycles. The van der Waals surface area contributed by atoms with Crippen LogP contribution in [0.3, 0.4) is 0 Å². The van der Waals surface area contributed by atoms with E-state index in [0.717, 1.165) is 17.7 Å². The van der Waals surface area contributed by atoms with Gasteiger partial charge in [0, 0.05) is 11.9 Å². The van der Waals surface area contributed by atoms with E-state index in [2.05, 4.69) is 10.3 Å². The van der Waals surface area contributed by atoms with E-state index >= 15 is 0 Å². The van der Waals surface area contributed by atoms with Gasteiger partial charge in [0.1, 0.15) is 0 Å². The van der Waals surface area contributed by atoms with Crippen molar-refractivity contribution < 1.29 is 9.59 Å². The van der Waals surface area contributed by atoms with E-state index in [1.54, 1.807) is 18.0 Å². The summed E-state index contributed by atoms with van der Waals surface area (Å²) in [5.41, 5.74) is 1.99. The molecule has 1 aliphatic heterocycles. The molecule has 0 radical (unpaired) electrons. The fourth-order valence-corrected chi connectivity index (χ4v) is 3.91. The standard InChI is InChI=1S/C19H21N3O2S/c1-2-16(14-8-4-3-5-9-14)21-19(24)22-17(23)12-18(22)25-13-15-10-6-7-11-20-15/h3-11,16,18H,2,12-13H2,1H3,(H,21,24)/t16-,18+/m1/s1. The summed E-state index contributed by atoms with van der Waals surface area (Å²) in [5, 5.41) is 2.86. The average Bonchev–Trinajstić information content (AvgIpc) is 2.64. The minimum Gasteiger partial charge on any atom is -0.331 e. The number of urea groups is 1. The van der Waals surface area contributed by atoms with Gasteiger partial charge in [0.15, 0.2) is 0 Å². The summed E-state index contributed by atoms with van der Waals surface area (Å²) in [6.07, 6.45) is 2.91. The van der Waals surface area contributed by atoms with E-state index in [9.17, 15) is 9.59 Å². The molecule has 5 nitrogen and oxygen atoms in total. The van der Waals surface area contributed by atoms with Gasteiger partial charge in [-0.1, -0.05) is 43.3 Å². The molecule has 0 spiro atoms. The van der Waals surface area contributed by atoms with E-state index < -0.39 is 0 Å². The van der Waals surface area contributed by atoms with Gasteiger partial charge < -0.3 is 5.32 Å². The summed E-state index contributed by atoms with van der Waals surface area (Å²) in [7, 11) is 0. The predicted molar refractivity (Wildman–Crippen MR) is 98.8 cm³/mol. The first kappa shape index (κ1) is 17.5.